The summed E-state index contributed by atoms with van der Waals surface area (Å²) in [6.45, 7) is 0.212. The molecular weight excluding hydrogens is 495 g/mol. The van der Waals surface area contributed by atoms with Gasteiger partial charge in [0.25, 0.3) is 11.8 Å². The fraction of sp³-hybridized carbons (Fsp3) is 0.0800. The Hall–Kier alpha value is -3.26. The maximum Gasteiger partial charge on any atom is 0.279 e. The molecule has 1 N–H and O–H groups in total. The number of carbonyl (C=O) groups is 2. The summed E-state index contributed by atoms with van der Waals surface area (Å²) >= 11 is 13.7. The normalized spacial score (nSPS) is 15.4. The molecule has 1 fully saturated rings. The molecule has 1 aliphatic heterocycles. The Morgan fingerprint density at radius 2 is 1.79 bits per heavy atom. The van der Waals surface area contributed by atoms with Crippen LogP contribution < -0.4 is 14.8 Å². The van der Waals surface area contributed by atoms with Crippen molar-refractivity contribution in [3.05, 3.63) is 98.4 Å². The molecule has 4 rings (SSSR count). The van der Waals surface area contributed by atoms with Crippen LogP contribution in [-0.2, 0) is 11.4 Å². The van der Waals surface area contributed by atoms with Crippen LogP contribution >= 0.6 is 35.0 Å². The van der Waals surface area contributed by atoms with Crippen LogP contribution in [0.5, 0.6) is 11.5 Å². The van der Waals surface area contributed by atoms with Crippen molar-refractivity contribution in [1.29, 1.82) is 0 Å². The van der Waals surface area contributed by atoms with Crippen LogP contribution in [0.15, 0.2) is 76.6 Å². The number of thioether (sulfide) groups is 1. The second-order valence-electron chi connectivity index (χ2n) is 7.07. The van der Waals surface area contributed by atoms with Crippen LogP contribution in [0.1, 0.15) is 21.5 Å². The summed E-state index contributed by atoms with van der Waals surface area (Å²) in [5.41, 5.74) is 1.87. The van der Waals surface area contributed by atoms with E-state index < -0.39 is 5.91 Å². The van der Waals surface area contributed by atoms with E-state index in [-0.39, 0.29) is 17.7 Å². The number of amidine groups is 1. The largest absolute Gasteiger partial charge is 0.493 e. The number of nitrogens with one attached hydrogen (secondary N) is 1. The Bertz CT molecular complexity index is 1310. The summed E-state index contributed by atoms with van der Waals surface area (Å²) in [5.74, 6) is -0.0263. The van der Waals surface area contributed by atoms with Crippen LogP contribution in [0, 0.1) is 0 Å². The van der Waals surface area contributed by atoms with Gasteiger partial charge in [-0.1, -0.05) is 59.6 Å². The number of benzene rings is 3. The minimum Gasteiger partial charge on any atom is -0.493 e. The first-order valence-electron chi connectivity index (χ1n) is 10.1. The van der Waals surface area contributed by atoms with E-state index in [9.17, 15) is 9.59 Å². The molecule has 9 heteroatoms. The zero-order valence-electron chi connectivity index (χ0n) is 17.9. The fourth-order valence-electron chi connectivity index (χ4n) is 3.10. The van der Waals surface area contributed by atoms with E-state index in [2.05, 4.69) is 10.3 Å². The maximum absolute atomic E-state index is 12.4. The van der Waals surface area contributed by atoms with Crippen molar-refractivity contribution in [3.8, 4) is 11.5 Å². The first-order chi connectivity index (χ1) is 16.4. The molecule has 0 bridgehead atoms. The van der Waals surface area contributed by atoms with Gasteiger partial charge in [0.15, 0.2) is 16.7 Å². The predicted octanol–water partition coefficient (Wildman–Crippen LogP) is 5.98. The second kappa shape index (κ2) is 10.8. The number of halogens is 2. The van der Waals surface area contributed by atoms with Crippen molar-refractivity contribution in [2.75, 3.05) is 7.11 Å². The molecule has 0 unspecified atom stereocenters. The van der Waals surface area contributed by atoms with E-state index >= 15 is 0 Å². The lowest BCUT2D eigenvalue weighted by Gasteiger charge is -2.14. The third kappa shape index (κ3) is 5.62. The van der Waals surface area contributed by atoms with Gasteiger partial charge >= 0.3 is 0 Å². The molecule has 1 saturated heterocycles. The number of hydrogen-bond acceptors (Lipinski definition) is 5. The molecule has 34 heavy (non-hydrogen) atoms. The molecular formula is C25H18Cl2N2O4S. The van der Waals surface area contributed by atoms with Crippen molar-refractivity contribution in [2.24, 2.45) is 4.99 Å². The van der Waals surface area contributed by atoms with Gasteiger partial charge in [0.1, 0.15) is 6.61 Å². The van der Waals surface area contributed by atoms with E-state index in [1.165, 1.54) is 7.11 Å². The van der Waals surface area contributed by atoms with Gasteiger partial charge in [-0.25, -0.2) is 0 Å². The van der Waals surface area contributed by atoms with E-state index in [1.54, 1.807) is 48.5 Å². The van der Waals surface area contributed by atoms with Crippen molar-refractivity contribution in [1.82, 2.24) is 5.32 Å². The highest BCUT2D eigenvalue weighted by Crippen LogP contribution is 2.38. The molecule has 2 amide bonds. The first kappa shape index (κ1) is 23.9. The molecule has 0 aliphatic carbocycles. The number of ether oxygens (including phenoxy) is 2. The molecule has 0 radical (unpaired) electrons. The number of aliphatic imine (C=N–C) groups is 1. The Balaban J connectivity index is 1.53. The van der Waals surface area contributed by atoms with Crippen LogP contribution in [0.4, 0.5) is 0 Å². The number of hydrogen-bond donors (Lipinski definition) is 1. The topological polar surface area (TPSA) is 77.0 Å². The van der Waals surface area contributed by atoms with Crippen LogP contribution in [-0.4, -0.2) is 24.1 Å². The molecule has 0 saturated carbocycles. The molecule has 172 valence electrons. The van der Waals surface area contributed by atoms with Gasteiger partial charge in [0, 0.05) is 16.1 Å². The summed E-state index contributed by atoms with van der Waals surface area (Å²) in [5, 5.41) is 3.72. The summed E-state index contributed by atoms with van der Waals surface area (Å²) < 4.78 is 11.3. The van der Waals surface area contributed by atoms with Crippen molar-refractivity contribution in [3.63, 3.8) is 0 Å². The number of methoxy groups -OCH3 is 1. The third-order valence-electron chi connectivity index (χ3n) is 4.75. The number of amides is 2. The molecule has 1 aliphatic rings. The fourth-order valence-corrected chi connectivity index (χ4v) is 4.38. The van der Waals surface area contributed by atoms with Gasteiger partial charge < -0.3 is 14.8 Å². The summed E-state index contributed by atoms with van der Waals surface area (Å²) in [6.07, 6.45) is 1.64. The maximum atomic E-state index is 12.4. The molecule has 1 heterocycles. The van der Waals surface area contributed by atoms with E-state index in [1.807, 2.05) is 24.3 Å². The molecule has 0 spiro atoms. The number of rotatable bonds is 6. The average Bonchev–Trinajstić information content (AvgIpc) is 3.17. The zero-order valence-corrected chi connectivity index (χ0v) is 20.2. The van der Waals surface area contributed by atoms with Gasteiger partial charge in [-0.15, -0.1) is 0 Å². The molecule has 6 nitrogen and oxygen atoms in total. The Labute approximate surface area is 210 Å². The number of nitrogens with zero attached hydrogens (tertiary/aromatic N) is 1. The highest BCUT2D eigenvalue weighted by Gasteiger charge is 2.25. The number of carbonyl (C=O) groups excluding carboxylic acids is 2. The van der Waals surface area contributed by atoms with Crippen LogP contribution in [0.2, 0.25) is 10.0 Å². The van der Waals surface area contributed by atoms with Crippen molar-refractivity contribution in [2.45, 2.75) is 6.61 Å². The minimum atomic E-state index is -0.436. The second-order valence-corrected chi connectivity index (χ2v) is 8.91. The van der Waals surface area contributed by atoms with E-state index in [4.69, 9.17) is 32.7 Å². The lowest BCUT2D eigenvalue weighted by molar-refractivity contribution is -0.115. The lowest BCUT2D eigenvalue weighted by Crippen LogP contribution is -2.20. The van der Waals surface area contributed by atoms with Crippen LogP contribution in [0.3, 0.4) is 0 Å². The van der Waals surface area contributed by atoms with Gasteiger partial charge in [-0.2, -0.15) is 4.99 Å². The zero-order chi connectivity index (χ0) is 24.1. The first-order valence-corrected chi connectivity index (χ1v) is 11.6. The molecule has 3 aromatic rings. The van der Waals surface area contributed by atoms with Crippen LogP contribution in [0.25, 0.3) is 6.08 Å². The minimum absolute atomic E-state index is 0.211. The standard InChI is InChI=1S/C25H18Cl2N2O4S/c1-32-20-12-15(11-19(27)22(20)33-14-17-9-5-6-10-18(17)26)13-21-24(31)29-25(34-21)28-23(30)16-7-3-2-4-8-16/h2-13H,14H2,1H3,(H,28,29,30,31)/b21-13-. The summed E-state index contributed by atoms with van der Waals surface area (Å²) in [4.78, 5) is 29.1. The van der Waals surface area contributed by atoms with Gasteiger partial charge in [0.2, 0.25) is 0 Å². The average molecular weight is 513 g/mol. The molecule has 3 aromatic carbocycles. The Kier molecular flexibility index (Phi) is 7.57. The van der Waals surface area contributed by atoms with Gasteiger partial charge in [-0.05, 0) is 53.7 Å². The highest BCUT2D eigenvalue weighted by atomic mass is 35.5. The molecule has 0 atom stereocenters. The third-order valence-corrected chi connectivity index (χ3v) is 6.31. The summed E-state index contributed by atoms with van der Waals surface area (Å²) in [6, 6.07) is 19.3. The highest BCUT2D eigenvalue weighted by molar-refractivity contribution is 8.18. The predicted molar refractivity (Wildman–Crippen MR) is 136 cm³/mol. The molecule has 0 aromatic heterocycles. The quantitative estimate of drug-likeness (QED) is 0.411. The van der Waals surface area contributed by atoms with E-state index in [0.717, 1.165) is 17.3 Å². The lowest BCUT2D eigenvalue weighted by atomic mass is 10.1. The van der Waals surface area contributed by atoms with E-state index in [0.29, 0.717) is 37.6 Å². The smallest absolute Gasteiger partial charge is 0.279 e. The monoisotopic (exact) mass is 512 g/mol. The van der Waals surface area contributed by atoms with Gasteiger partial charge in [-0.3, -0.25) is 9.59 Å². The Morgan fingerprint density at radius 3 is 2.53 bits per heavy atom. The van der Waals surface area contributed by atoms with Gasteiger partial charge in [0.05, 0.1) is 17.0 Å². The van der Waals surface area contributed by atoms with Crippen molar-refractivity contribution < 1.29 is 19.1 Å². The Morgan fingerprint density at radius 1 is 1.06 bits per heavy atom. The SMILES string of the molecule is COc1cc(/C=C2\SC(=NC(=O)c3ccccc3)NC2=O)cc(Cl)c1OCc1ccccc1Cl. The summed E-state index contributed by atoms with van der Waals surface area (Å²) in [7, 11) is 1.50. The van der Waals surface area contributed by atoms with Crippen molar-refractivity contribution >= 4 is 58.0 Å².